The molecule has 0 fully saturated rings. The fourth-order valence-electron chi connectivity index (χ4n) is 1.10. The molecule has 0 aliphatic carbocycles. The molecule has 0 spiro atoms. The van der Waals surface area contributed by atoms with Crippen molar-refractivity contribution in [3.63, 3.8) is 0 Å². The molecule has 1 N–H and O–H groups in total. The predicted octanol–water partition coefficient (Wildman–Crippen LogP) is 2.91. The van der Waals surface area contributed by atoms with Gasteiger partial charge in [0.2, 0.25) is 0 Å². The van der Waals surface area contributed by atoms with E-state index < -0.39 is 0 Å². The van der Waals surface area contributed by atoms with Gasteiger partial charge in [0.1, 0.15) is 0 Å². The first kappa shape index (κ1) is 12.8. The summed E-state index contributed by atoms with van der Waals surface area (Å²) in [7, 11) is 1.96. The Labute approximate surface area is 90.9 Å². The van der Waals surface area contributed by atoms with E-state index in [9.17, 15) is 0 Å². The molecular weight excluding hydrogens is 205 g/mol. The number of likely N-dealkylation sites (N-methyl/N-ethyl adjacent to an activating group) is 1. The normalized spacial score (nSPS) is 11.9. The number of nitrogens with one attached hydrogen (secondary N) is 1. The van der Waals surface area contributed by atoms with Crippen LogP contribution in [0.15, 0.2) is 24.3 Å². The van der Waals surface area contributed by atoms with Gasteiger partial charge in [-0.15, -0.1) is 12.4 Å². The summed E-state index contributed by atoms with van der Waals surface area (Å²) in [5.74, 6) is 0. The molecule has 0 heterocycles. The van der Waals surface area contributed by atoms with E-state index in [0.717, 1.165) is 11.4 Å². The summed E-state index contributed by atoms with van der Waals surface area (Å²) in [4.78, 5) is 0. The smallest absolute Gasteiger partial charge is 0.0438 e. The van der Waals surface area contributed by atoms with Crippen molar-refractivity contribution in [2.24, 2.45) is 0 Å². The molecule has 0 aliphatic rings. The molecular formula is C10H15Cl2N. The van der Waals surface area contributed by atoms with Crippen LogP contribution in [0.2, 0.25) is 5.02 Å². The van der Waals surface area contributed by atoms with Crippen molar-refractivity contribution in [3.8, 4) is 0 Å². The van der Waals surface area contributed by atoms with Gasteiger partial charge in [0, 0.05) is 11.1 Å². The van der Waals surface area contributed by atoms with Crippen LogP contribution >= 0.6 is 24.0 Å². The summed E-state index contributed by atoms with van der Waals surface area (Å²) in [5.41, 5.74) is 1.21. The Balaban J connectivity index is 0.00000144. The van der Waals surface area contributed by atoms with Gasteiger partial charge in [-0.25, -0.2) is 0 Å². The SMILES string of the molecule is CNC(C)Cc1ccccc1Cl.Cl. The van der Waals surface area contributed by atoms with E-state index in [0.29, 0.717) is 6.04 Å². The molecule has 0 aromatic heterocycles. The molecule has 0 radical (unpaired) electrons. The molecule has 1 atom stereocenters. The summed E-state index contributed by atoms with van der Waals surface area (Å²) in [5, 5.41) is 4.04. The second-order valence-corrected chi connectivity index (χ2v) is 3.39. The van der Waals surface area contributed by atoms with Crippen molar-refractivity contribution < 1.29 is 0 Å². The molecule has 1 aromatic rings. The van der Waals surface area contributed by atoms with Crippen LogP contribution in [0.3, 0.4) is 0 Å². The third-order valence-corrected chi connectivity index (χ3v) is 2.35. The third-order valence-electron chi connectivity index (χ3n) is 1.98. The van der Waals surface area contributed by atoms with Gasteiger partial charge in [-0.1, -0.05) is 29.8 Å². The average molecular weight is 220 g/mol. The molecule has 0 amide bonds. The van der Waals surface area contributed by atoms with Crippen LogP contribution in [0, 0.1) is 0 Å². The average Bonchev–Trinajstić information content (AvgIpc) is 2.09. The first-order valence-electron chi connectivity index (χ1n) is 4.14. The van der Waals surface area contributed by atoms with Gasteiger partial charge in [0.05, 0.1) is 0 Å². The molecule has 74 valence electrons. The van der Waals surface area contributed by atoms with Gasteiger partial charge < -0.3 is 5.32 Å². The first-order valence-corrected chi connectivity index (χ1v) is 4.52. The molecule has 13 heavy (non-hydrogen) atoms. The monoisotopic (exact) mass is 219 g/mol. The van der Waals surface area contributed by atoms with E-state index >= 15 is 0 Å². The summed E-state index contributed by atoms with van der Waals surface area (Å²) in [6.07, 6.45) is 0.982. The molecule has 1 unspecified atom stereocenters. The van der Waals surface area contributed by atoms with Gasteiger partial charge in [-0.2, -0.15) is 0 Å². The zero-order valence-electron chi connectivity index (χ0n) is 7.88. The van der Waals surface area contributed by atoms with Crippen molar-refractivity contribution in [2.45, 2.75) is 19.4 Å². The zero-order valence-corrected chi connectivity index (χ0v) is 9.45. The Morgan fingerprint density at radius 1 is 1.38 bits per heavy atom. The van der Waals surface area contributed by atoms with Crippen molar-refractivity contribution in [1.82, 2.24) is 5.32 Å². The molecule has 0 saturated carbocycles. The summed E-state index contributed by atoms with van der Waals surface area (Å²) < 4.78 is 0. The van der Waals surface area contributed by atoms with Crippen LogP contribution in [-0.4, -0.2) is 13.1 Å². The molecule has 0 aliphatic heterocycles. The number of halogens is 2. The van der Waals surface area contributed by atoms with Crippen LogP contribution in [0.1, 0.15) is 12.5 Å². The van der Waals surface area contributed by atoms with E-state index in [1.54, 1.807) is 0 Å². The van der Waals surface area contributed by atoms with E-state index in [-0.39, 0.29) is 12.4 Å². The van der Waals surface area contributed by atoms with Crippen molar-refractivity contribution in [1.29, 1.82) is 0 Å². The Hall–Kier alpha value is -0.240. The quantitative estimate of drug-likeness (QED) is 0.825. The lowest BCUT2D eigenvalue weighted by molar-refractivity contribution is 0.608. The minimum atomic E-state index is 0. The molecule has 1 nitrogen and oxygen atoms in total. The van der Waals surface area contributed by atoms with Crippen LogP contribution in [0.5, 0.6) is 0 Å². The second-order valence-electron chi connectivity index (χ2n) is 2.99. The maximum absolute atomic E-state index is 6.00. The minimum absolute atomic E-state index is 0. The number of hydrogen-bond donors (Lipinski definition) is 1. The maximum Gasteiger partial charge on any atom is 0.0438 e. The highest BCUT2D eigenvalue weighted by molar-refractivity contribution is 6.31. The summed E-state index contributed by atoms with van der Waals surface area (Å²) in [6.45, 7) is 2.14. The lowest BCUT2D eigenvalue weighted by atomic mass is 10.1. The van der Waals surface area contributed by atoms with Crippen LogP contribution < -0.4 is 5.32 Å². The topological polar surface area (TPSA) is 12.0 Å². The van der Waals surface area contributed by atoms with Crippen LogP contribution in [-0.2, 0) is 6.42 Å². The lowest BCUT2D eigenvalue weighted by Crippen LogP contribution is -2.23. The highest BCUT2D eigenvalue weighted by atomic mass is 35.5. The lowest BCUT2D eigenvalue weighted by Gasteiger charge is -2.10. The van der Waals surface area contributed by atoms with E-state index in [4.69, 9.17) is 11.6 Å². The number of hydrogen-bond acceptors (Lipinski definition) is 1. The fraction of sp³-hybridized carbons (Fsp3) is 0.400. The van der Waals surface area contributed by atoms with E-state index in [2.05, 4.69) is 18.3 Å². The zero-order chi connectivity index (χ0) is 8.97. The fourth-order valence-corrected chi connectivity index (χ4v) is 1.31. The van der Waals surface area contributed by atoms with Gasteiger partial charge in [-0.3, -0.25) is 0 Å². The van der Waals surface area contributed by atoms with Crippen molar-refractivity contribution in [2.75, 3.05) is 7.05 Å². The number of benzene rings is 1. The Morgan fingerprint density at radius 2 is 2.00 bits per heavy atom. The van der Waals surface area contributed by atoms with Gasteiger partial charge >= 0.3 is 0 Å². The number of rotatable bonds is 3. The van der Waals surface area contributed by atoms with Gasteiger partial charge in [-0.05, 0) is 32.0 Å². The second kappa shape index (κ2) is 6.25. The first-order chi connectivity index (χ1) is 5.74. The largest absolute Gasteiger partial charge is 0.317 e. The molecule has 3 heteroatoms. The van der Waals surface area contributed by atoms with Gasteiger partial charge in [0.25, 0.3) is 0 Å². The molecule has 1 aromatic carbocycles. The molecule has 1 rings (SSSR count). The Morgan fingerprint density at radius 3 is 2.54 bits per heavy atom. The summed E-state index contributed by atoms with van der Waals surface area (Å²) in [6, 6.07) is 8.44. The third kappa shape index (κ3) is 3.99. The van der Waals surface area contributed by atoms with Gasteiger partial charge in [0.15, 0.2) is 0 Å². The summed E-state index contributed by atoms with van der Waals surface area (Å²) >= 11 is 6.00. The van der Waals surface area contributed by atoms with Crippen molar-refractivity contribution in [3.05, 3.63) is 34.9 Å². The predicted molar refractivity (Wildman–Crippen MR) is 60.9 cm³/mol. The highest BCUT2D eigenvalue weighted by Gasteiger charge is 2.02. The Kier molecular flexibility index (Phi) is 6.13. The minimum Gasteiger partial charge on any atom is -0.317 e. The van der Waals surface area contributed by atoms with Crippen LogP contribution in [0.25, 0.3) is 0 Å². The Bertz CT molecular complexity index is 250. The highest BCUT2D eigenvalue weighted by Crippen LogP contribution is 2.16. The van der Waals surface area contributed by atoms with Crippen molar-refractivity contribution >= 4 is 24.0 Å². The standard InChI is InChI=1S/C10H14ClN.ClH/c1-8(12-2)7-9-5-3-4-6-10(9)11;/h3-6,8,12H,7H2,1-2H3;1H. The maximum atomic E-state index is 6.00. The van der Waals surface area contributed by atoms with Crippen LogP contribution in [0.4, 0.5) is 0 Å². The van der Waals surface area contributed by atoms with E-state index in [1.165, 1.54) is 5.56 Å². The molecule has 0 bridgehead atoms. The molecule has 0 saturated heterocycles. The van der Waals surface area contributed by atoms with E-state index in [1.807, 2.05) is 25.2 Å².